The number of aromatic nitrogens is 1. The molecule has 1 heterocycles. The first kappa shape index (κ1) is 21.9. The number of hydrogen-bond acceptors (Lipinski definition) is 5. The number of benzene rings is 3. The van der Waals surface area contributed by atoms with Crippen LogP contribution in [0.3, 0.4) is 0 Å². The highest BCUT2D eigenvalue weighted by Crippen LogP contribution is 2.22. The zero-order valence-electron chi connectivity index (χ0n) is 17.5. The molecule has 0 saturated carbocycles. The molecule has 1 amide bonds. The first-order chi connectivity index (χ1) is 15.4. The predicted octanol–water partition coefficient (Wildman–Crippen LogP) is 5.27. The Morgan fingerprint density at radius 3 is 2.28 bits per heavy atom. The minimum absolute atomic E-state index is 0.118. The van der Waals surface area contributed by atoms with E-state index in [2.05, 4.69) is 22.4 Å². The minimum atomic E-state index is -3.44. The molecule has 162 valence electrons. The summed E-state index contributed by atoms with van der Waals surface area (Å²) in [6.45, 7) is 1.91. The van der Waals surface area contributed by atoms with E-state index in [1.807, 2.05) is 25.1 Å². The molecule has 0 aliphatic carbocycles. The molecule has 1 N–H and O–H groups in total. The Balaban J connectivity index is 1.38. The van der Waals surface area contributed by atoms with Gasteiger partial charge in [-0.25, -0.2) is 13.4 Å². The van der Waals surface area contributed by atoms with Crippen LogP contribution < -0.4 is 5.32 Å². The van der Waals surface area contributed by atoms with Crippen molar-refractivity contribution in [3.63, 3.8) is 0 Å². The lowest BCUT2D eigenvalue weighted by molar-refractivity contribution is 0.102. The maximum atomic E-state index is 12.6. The molecule has 0 atom stereocenters. The third-order valence-electron chi connectivity index (χ3n) is 4.95. The van der Waals surface area contributed by atoms with Crippen molar-refractivity contribution >= 4 is 32.2 Å². The summed E-state index contributed by atoms with van der Waals surface area (Å²) in [5, 5.41) is 3.35. The van der Waals surface area contributed by atoms with Gasteiger partial charge in [0.1, 0.15) is 0 Å². The van der Waals surface area contributed by atoms with Crippen molar-refractivity contribution in [3.8, 4) is 0 Å². The van der Waals surface area contributed by atoms with E-state index >= 15 is 0 Å². The van der Waals surface area contributed by atoms with E-state index in [0.717, 1.165) is 16.9 Å². The largest absolute Gasteiger partial charge is 0.298 e. The van der Waals surface area contributed by atoms with Crippen LogP contribution in [-0.4, -0.2) is 19.3 Å². The van der Waals surface area contributed by atoms with Crippen molar-refractivity contribution in [3.05, 3.63) is 112 Å². The predicted molar refractivity (Wildman–Crippen MR) is 128 cm³/mol. The second-order valence-corrected chi connectivity index (χ2v) is 10.6. The molecular weight excluding hydrogens is 440 g/mol. The highest BCUT2D eigenvalue weighted by atomic mass is 32.2. The van der Waals surface area contributed by atoms with Crippen LogP contribution in [0.15, 0.2) is 90.0 Å². The molecule has 32 heavy (non-hydrogen) atoms. The summed E-state index contributed by atoms with van der Waals surface area (Å²) in [7, 11) is -3.44. The fourth-order valence-corrected chi connectivity index (χ4v) is 5.40. The van der Waals surface area contributed by atoms with Crippen molar-refractivity contribution in [1.82, 2.24) is 4.98 Å². The Kier molecular flexibility index (Phi) is 6.48. The Morgan fingerprint density at radius 2 is 1.59 bits per heavy atom. The average Bonchev–Trinajstić information content (AvgIpc) is 3.21. The summed E-state index contributed by atoms with van der Waals surface area (Å²) in [5.74, 6) is -0.397. The summed E-state index contributed by atoms with van der Waals surface area (Å²) >= 11 is 1.44. The van der Waals surface area contributed by atoms with Gasteiger partial charge in [-0.15, -0.1) is 11.3 Å². The summed E-state index contributed by atoms with van der Waals surface area (Å²) < 4.78 is 25.2. The number of rotatable bonds is 7. The molecule has 5 nitrogen and oxygen atoms in total. The van der Waals surface area contributed by atoms with Crippen LogP contribution in [0.4, 0.5) is 5.13 Å². The molecule has 4 rings (SSSR count). The van der Waals surface area contributed by atoms with Gasteiger partial charge >= 0.3 is 0 Å². The van der Waals surface area contributed by atoms with Gasteiger partial charge in [0.15, 0.2) is 15.0 Å². The van der Waals surface area contributed by atoms with E-state index < -0.39 is 9.84 Å². The van der Waals surface area contributed by atoms with Gasteiger partial charge in [0.2, 0.25) is 0 Å². The van der Waals surface area contributed by atoms with Crippen LogP contribution in [0.2, 0.25) is 0 Å². The van der Waals surface area contributed by atoms with Gasteiger partial charge in [0.25, 0.3) is 5.91 Å². The van der Waals surface area contributed by atoms with E-state index in [9.17, 15) is 13.2 Å². The number of anilines is 1. The SMILES string of the molecule is Cc1ccc(S(=O)(=O)Cc2ccc(C(=O)Nc3ncc(Cc4ccccc4)s3)cc2)cc1. The monoisotopic (exact) mass is 462 g/mol. The van der Waals surface area contributed by atoms with E-state index in [0.29, 0.717) is 21.2 Å². The van der Waals surface area contributed by atoms with Crippen LogP contribution in [0.1, 0.15) is 31.9 Å². The molecule has 0 saturated heterocycles. The second-order valence-electron chi connectivity index (χ2n) is 7.52. The summed E-state index contributed by atoms with van der Waals surface area (Å²) in [5.41, 5.74) is 3.26. The summed E-state index contributed by atoms with van der Waals surface area (Å²) in [6, 6.07) is 23.5. The van der Waals surface area contributed by atoms with Crippen LogP contribution >= 0.6 is 11.3 Å². The number of sulfone groups is 1. The number of nitrogens with one attached hydrogen (secondary N) is 1. The number of hydrogen-bond donors (Lipinski definition) is 1. The number of thiazole rings is 1. The molecule has 0 fully saturated rings. The van der Waals surface area contributed by atoms with Gasteiger partial charge in [0.05, 0.1) is 10.6 Å². The van der Waals surface area contributed by atoms with Gasteiger partial charge in [0, 0.05) is 23.1 Å². The highest BCUT2D eigenvalue weighted by molar-refractivity contribution is 7.90. The van der Waals surface area contributed by atoms with Crippen LogP contribution in [-0.2, 0) is 22.0 Å². The molecule has 0 aliphatic heterocycles. The van der Waals surface area contributed by atoms with Crippen molar-refractivity contribution in [2.24, 2.45) is 0 Å². The number of aryl methyl sites for hydroxylation is 1. The van der Waals surface area contributed by atoms with Gasteiger partial charge in [-0.1, -0.05) is 60.2 Å². The highest BCUT2D eigenvalue weighted by Gasteiger charge is 2.16. The molecule has 3 aromatic carbocycles. The maximum absolute atomic E-state index is 12.6. The normalized spacial score (nSPS) is 11.3. The fourth-order valence-electron chi connectivity index (χ4n) is 3.21. The van der Waals surface area contributed by atoms with Crippen LogP contribution in [0.5, 0.6) is 0 Å². The standard InChI is InChI=1S/C25H22N2O3S2/c1-18-7-13-23(14-8-18)32(29,30)17-20-9-11-21(12-10-20)24(28)27-25-26-16-22(31-25)15-19-5-3-2-4-6-19/h2-14,16H,15,17H2,1H3,(H,26,27,28). The Morgan fingerprint density at radius 1 is 0.906 bits per heavy atom. The third-order valence-corrected chi connectivity index (χ3v) is 7.56. The van der Waals surface area contributed by atoms with Crippen LogP contribution in [0.25, 0.3) is 0 Å². The topological polar surface area (TPSA) is 76.1 Å². The van der Waals surface area contributed by atoms with E-state index in [1.54, 1.807) is 54.7 Å². The molecule has 0 aliphatic rings. The van der Waals surface area contributed by atoms with Gasteiger partial charge in [-0.2, -0.15) is 0 Å². The van der Waals surface area contributed by atoms with Gasteiger partial charge in [-0.3, -0.25) is 10.1 Å². The van der Waals surface area contributed by atoms with Crippen molar-refractivity contribution in [1.29, 1.82) is 0 Å². The van der Waals surface area contributed by atoms with Crippen molar-refractivity contribution < 1.29 is 13.2 Å². The van der Waals surface area contributed by atoms with Crippen molar-refractivity contribution in [2.75, 3.05) is 5.32 Å². The lowest BCUT2D eigenvalue weighted by Gasteiger charge is -2.07. The first-order valence-electron chi connectivity index (χ1n) is 10.1. The molecule has 0 spiro atoms. The van der Waals surface area contributed by atoms with Gasteiger partial charge < -0.3 is 0 Å². The number of carbonyl (C=O) groups excluding carboxylic acids is 1. The first-order valence-corrected chi connectivity index (χ1v) is 12.5. The zero-order valence-corrected chi connectivity index (χ0v) is 19.1. The minimum Gasteiger partial charge on any atom is -0.298 e. The van der Waals surface area contributed by atoms with E-state index in [4.69, 9.17) is 0 Å². The molecular formula is C25H22N2O3S2. The molecule has 1 aromatic heterocycles. The number of amides is 1. The molecule has 0 unspecified atom stereocenters. The quantitative estimate of drug-likeness (QED) is 0.406. The smallest absolute Gasteiger partial charge is 0.257 e. The van der Waals surface area contributed by atoms with Crippen LogP contribution in [0, 0.1) is 6.92 Å². The van der Waals surface area contributed by atoms with Crippen molar-refractivity contribution in [2.45, 2.75) is 24.0 Å². The van der Waals surface area contributed by atoms with Gasteiger partial charge in [-0.05, 0) is 42.3 Å². The number of nitrogens with zero attached hydrogens (tertiary/aromatic N) is 1. The van der Waals surface area contributed by atoms with E-state index in [-0.39, 0.29) is 11.7 Å². The maximum Gasteiger partial charge on any atom is 0.257 e. The Hall–Kier alpha value is -3.29. The second kappa shape index (κ2) is 9.46. The Bertz CT molecular complexity index is 1310. The Labute approximate surface area is 191 Å². The number of carbonyl (C=O) groups is 1. The third kappa shape index (κ3) is 5.49. The van der Waals surface area contributed by atoms with E-state index in [1.165, 1.54) is 16.9 Å². The molecule has 0 bridgehead atoms. The summed E-state index contributed by atoms with van der Waals surface area (Å²) in [6.07, 6.45) is 2.53. The zero-order chi connectivity index (χ0) is 22.6. The average molecular weight is 463 g/mol. The molecule has 4 aromatic rings. The lowest BCUT2D eigenvalue weighted by atomic mass is 10.1. The fraction of sp³-hybridized carbons (Fsp3) is 0.120. The molecule has 0 radical (unpaired) electrons. The lowest BCUT2D eigenvalue weighted by Crippen LogP contribution is -2.12. The summed E-state index contributed by atoms with van der Waals surface area (Å²) in [4.78, 5) is 18.2. The molecule has 7 heteroatoms.